The number of carbonyl (C=O) groups excluding carboxylic acids is 1. The molecule has 2 heterocycles. The maximum atomic E-state index is 12.8. The van der Waals surface area contributed by atoms with E-state index in [0.717, 1.165) is 6.42 Å². The first-order valence-corrected chi connectivity index (χ1v) is 11.2. The van der Waals surface area contributed by atoms with Gasteiger partial charge in [-0.1, -0.05) is 12.1 Å². The number of benzene rings is 1. The molecule has 1 N–H and O–H groups in total. The van der Waals surface area contributed by atoms with Crippen molar-refractivity contribution < 1.29 is 13.2 Å². The number of nitriles is 1. The van der Waals surface area contributed by atoms with E-state index >= 15 is 0 Å². The maximum absolute atomic E-state index is 12.8. The largest absolute Gasteiger partial charge is 0.356 e. The molecule has 2 aromatic rings. The minimum atomic E-state index is -3.72. The van der Waals surface area contributed by atoms with Crippen LogP contribution in [0, 0.1) is 17.2 Å². The van der Waals surface area contributed by atoms with E-state index in [1.165, 1.54) is 22.0 Å². The summed E-state index contributed by atoms with van der Waals surface area (Å²) in [6.07, 6.45) is 1.77. The second-order valence-corrected chi connectivity index (χ2v) is 9.15. The first-order chi connectivity index (χ1) is 13.0. The Morgan fingerprint density at radius 2 is 2.00 bits per heavy atom. The lowest BCUT2D eigenvalue weighted by molar-refractivity contribution is -0.126. The van der Waals surface area contributed by atoms with E-state index in [0.29, 0.717) is 19.4 Å². The van der Waals surface area contributed by atoms with Crippen molar-refractivity contribution in [2.24, 2.45) is 5.92 Å². The third-order valence-corrected chi connectivity index (χ3v) is 7.43. The normalized spacial score (nSPS) is 16.0. The number of nitrogens with one attached hydrogen (secondary N) is 1. The van der Waals surface area contributed by atoms with Crippen molar-refractivity contribution in [2.75, 3.05) is 19.6 Å². The minimum Gasteiger partial charge on any atom is -0.356 e. The zero-order chi connectivity index (χ0) is 19.3. The third kappa shape index (κ3) is 4.56. The van der Waals surface area contributed by atoms with Gasteiger partial charge in [-0.05, 0) is 53.8 Å². The Balaban J connectivity index is 1.55. The number of sulfonamides is 1. The zero-order valence-corrected chi connectivity index (χ0v) is 16.4. The molecular weight excluding hydrogens is 382 g/mol. The Labute approximate surface area is 163 Å². The van der Waals surface area contributed by atoms with Crippen molar-refractivity contribution in [1.82, 2.24) is 9.62 Å². The summed E-state index contributed by atoms with van der Waals surface area (Å²) in [5, 5.41) is 16.2. The highest BCUT2D eigenvalue weighted by molar-refractivity contribution is 7.89. The highest BCUT2D eigenvalue weighted by Crippen LogP contribution is 2.25. The zero-order valence-electron chi connectivity index (χ0n) is 14.8. The van der Waals surface area contributed by atoms with E-state index in [2.05, 4.69) is 10.7 Å². The van der Waals surface area contributed by atoms with Crippen molar-refractivity contribution >= 4 is 27.3 Å². The quantitative estimate of drug-likeness (QED) is 0.802. The molecule has 27 heavy (non-hydrogen) atoms. The fourth-order valence-corrected chi connectivity index (χ4v) is 5.51. The van der Waals surface area contributed by atoms with Gasteiger partial charge in [0.15, 0.2) is 0 Å². The third-order valence-electron chi connectivity index (χ3n) is 4.74. The number of rotatable bonds is 6. The first-order valence-electron chi connectivity index (χ1n) is 8.80. The van der Waals surface area contributed by atoms with Gasteiger partial charge in [0.2, 0.25) is 15.9 Å². The lowest BCUT2D eigenvalue weighted by Crippen LogP contribution is -2.43. The Bertz CT molecular complexity index is 925. The highest BCUT2D eigenvalue weighted by Gasteiger charge is 2.33. The van der Waals surface area contributed by atoms with Gasteiger partial charge in [0.05, 0.1) is 10.5 Å². The summed E-state index contributed by atoms with van der Waals surface area (Å²) in [6.45, 7) is 1.15. The predicted octanol–water partition coefficient (Wildman–Crippen LogP) is 2.38. The van der Waals surface area contributed by atoms with Gasteiger partial charge >= 0.3 is 0 Å². The second-order valence-electron chi connectivity index (χ2n) is 6.46. The number of amides is 1. The topological polar surface area (TPSA) is 90.3 Å². The monoisotopic (exact) mass is 403 g/mol. The number of hydrogen-bond donors (Lipinski definition) is 1. The van der Waals surface area contributed by atoms with E-state index in [4.69, 9.17) is 5.26 Å². The van der Waals surface area contributed by atoms with Crippen LogP contribution in [0.2, 0.25) is 0 Å². The van der Waals surface area contributed by atoms with Gasteiger partial charge in [-0.2, -0.15) is 20.9 Å². The number of thiophene rings is 1. The highest BCUT2D eigenvalue weighted by atomic mass is 32.2. The lowest BCUT2D eigenvalue weighted by Gasteiger charge is -2.30. The second kappa shape index (κ2) is 8.65. The number of nitrogens with zero attached hydrogens (tertiary/aromatic N) is 2. The molecule has 0 saturated carbocycles. The van der Waals surface area contributed by atoms with E-state index in [1.807, 2.05) is 17.5 Å². The molecule has 1 aromatic heterocycles. The molecule has 1 saturated heterocycles. The van der Waals surface area contributed by atoms with E-state index < -0.39 is 10.0 Å². The molecule has 1 aromatic carbocycles. The van der Waals surface area contributed by atoms with Crippen LogP contribution in [0.3, 0.4) is 0 Å². The maximum Gasteiger partial charge on any atom is 0.244 e. The molecule has 0 atom stereocenters. The molecule has 0 aliphatic carbocycles. The average Bonchev–Trinajstić information content (AvgIpc) is 3.21. The Hall–Kier alpha value is -2.21. The molecule has 1 fully saturated rings. The van der Waals surface area contributed by atoms with Crippen LogP contribution in [-0.2, 0) is 21.2 Å². The van der Waals surface area contributed by atoms with Gasteiger partial charge in [-0.25, -0.2) is 8.42 Å². The molecule has 0 spiro atoms. The van der Waals surface area contributed by atoms with E-state index in [1.54, 1.807) is 23.5 Å². The average molecular weight is 404 g/mol. The van der Waals surface area contributed by atoms with Crippen molar-refractivity contribution in [1.29, 1.82) is 5.26 Å². The Kier molecular flexibility index (Phi) is 6.26. The van der Waals surface area contributed by atoms with Crippen LogP contribution in [0.5, 0.6) is 0 Å². The van der Waals surface area contributed by atoms with Gasteiger partial charge < -0.3 is 5.32 Å². The predicted molar refractivity (Wildman–Crippen MR) is 104 cm³/mol. The standard InChI is InChI=1S/C19H21N3O3S2/c20-13-17-3-1-2-4-18(17)27(24,25)22-10-6-16(7-11-22)19(23)21-9-5-15-8-12-26-14-15/h1-4,8,12,14,16H,5-7,9-11H2,(H,21,23). The van der Waals surface area contributed by atoms with Crippen LogP contribution in [0.25, 0.3) is 0 Å². The first kappa shape index (κ1) is 19.5. The van der Waals surface area contributed by atoms with Crippen LogP contribution in [0.15, 0.2) is 46.0 Å². The fraction of sp³-hybridized carbons (Fsp3) is 0.368. The van der Waals surface area contributed by atoms with Crippen LogP contribution in [-0.4, -0.2) is 38.3 Å². The molecular formula is C19H21N3O3S2. The van der Waals surface area contributed by atoms with Crippen LogP contribution in [0.4, 0.5) is 0 Å². The molecule has 0 bridgehead atoms. The Morgan fingerprint density at radius 3 is 2.67 bits per heavy atom. The molecule has 0 unspecified atom stereocenters. The van der Waals surface area contributed by atoms with E-state index in [-0.39, 0.29) is 35.4 Å². The SMILES string of the molecule is N#Cc1ccccc1S(=O)(=O)N1CCC(C(=O)NCCc2ccsc2)CC1. The van der Waals surface area contributed by atoms with Gasteiger partial charge in [-0.15, -0.1) is 0 Å². The molecule has 8 heteroatoms. The summed E-state index contributed by atoms with van der Waals surface area (Å²) in [5.74, 6) is -0.190. The summed E-state index contributed by atoms with van der Waals surface area (Å²) in [5.41, 5.74) is 1.35. The lowest BCUT2D eigenvalue weighted by atomic mass is 9.97. The summed E-state index contributed by atoms with van der Waals surface area (Å²) < 4.78 is 27.0. The van der Waals surface area contributed by atoms with Crippen LogP contribution < -0.4 is 5.32 Å². The number of carbonyl (C=O) groups is 1. The minimum absolute atomic E-state index is 0.0142. The number of hydrogen-bond acceptors (Lipinski definition) is 5. The van der Waals surface area contributed by atoms with Crippen molar-refractivity contribution in [3.05, 3.63) is 52.2 Å². The van der Waals surface area contributed by atoms with E-state index in [9.17, 15) is 13.2 Å². The molecule has 0 radical (unpaired) electrons. The molecule has 1 amide bonds. The van der Waals surface area contributed by atoms with Gasteiger partial charge in [0.1, 0.15) is 6.07 Å². The molecule has 1 aliphatic rings. The summed E-state index contributed by atoms with van der Waals surface area (Å²) in [6, 6.07) is 10.2. The van der Waals surface area contributed by atoms with Gasteiger partial charge in [0, 0.05) is 25.6 Å². The van der Waals surface area contributed by atoms with Crippen molar-refractivity contribution in [2.45, 2.75) is 24.2 Å². The molecule has 3 rings (SSSR count). The molecule has 6 nitrogen and oxygen atoms in total. The summed E-state index contributed by atoms with van der Waals surface area (Å²) >= 11 is 1.63. The van der Waals surface area contributed by atoms with Crippen LogP contribution in [0.1, 0.15) is 24.0 Å². The fourth-order valence-electron chi connectivity index (χ4n) is 3.19. The molecule has 142 valence electrons. The van der Waals surface area contributed by atoms with Gasteiger partial charge in [0.25, 0.3) is 0 Å². The van der Waals surface area contributed by atoms with Gasteiger partial charge in [-0.3, -0.25) is 4.79 Å². The van der Waals surface area contributed by atoms with Crippen molar-refractivity contribution in [3.8, 4) is 6.07 Å². The molecule has 1 aliphatic heterocycles. The smallest absolute Gasteiger partial charge is 0.244 e. The summed E-state index contributed by atoms with van der Waals surface area (Å²) in [4.78, 5) is 12.4. The van der Waals surface area contributed by atoms with Crippen LogP contribution >= 0.6 is 11.3 Å². The number of piperidine rings is 1. The Morgan fingerprint density at radius 1 is 1.26 bits per heavy atom. The van der Waals surface area contributed by atoms with Crippen molar-refractivity contribution in [3.63, 3.8) is 0 Å². The summed E-state index contributed by atoms with van der Waals surface area (Å²) in [7, 11) is -3.72.